The molecule has 0 N–H and O–H groups in total. The van der Waals surface area contributed by atoms with Crippen molar-refractivity contribution in [2.75, 3.05) is 28.4 Å². The first-order chi connectivity index (χ1) is 15.1. The summed E-state index contributed by atoms with van der Waals surface area (Å²) in [6.45, 7) is 0.383. The van der Waals surface area contributed by atoms with Crippen molar-refractivity contribution in [2.24, 2.45) is 0 Å². The van der Waals surface area contributed by atoms with Crippen LogP contribution in [0.2, 0.25) is 0 Å². The zero-order valence-corrected chi connectivity index (χ0v) is 17.7. The minimum Gasteiger partial charge on any atom is -0.497 e. The van der Waals surface area contributed by atoms with Gasteiger partial charge in [0.25, 0.3) is 0 Å². The van der Waals surface area contributed by atoms with Gasteiger partial charge in [0.2, 0.25) is 0 Å². The van der Waals surface area contributed by atoms with Crippen LogP contribution in [0.3, 0.4) is 0 Å². The Bertz CT molecular complexity index is 1160. The van der Waals surface area contributed by atoms with E-state index in [0.717, 1.165) is 11.1 Å². The van der Waals surface area contributed by atoms with Crippen molar-refractivity contribution in [3.05, 3.63) is 54.4 Å². The second kappa shape index (κ2) is 8.78. The zero-order chi connectivity index (χ0) is 21.8. The Labute approximate surface area is 179 Å². The first-order valence-corrected chi connectivity index (χ1v) is 9.45. The molecule has 0 unspecified atom stereocenters. The minimum absolute atomic E-state index is 0.383. The van der Waals surface area contributed by atoms with Crippen LogP contribution in [0.25, 0.3) is 22.5 Å². The highest BCUT2D eigenvalue weighted by Crippen LogP contribution is 2.32. The Morgan fingerprint density at radius 2 is 1.52 bits per heavy atom. The largest absolute Gasteiger partial charge is 0.497 e. The second-order valence-corrected chi connectivity index (χ2v) is 6.65. The number of methoxy groups -OCH3 is 4. The third-order valence-electron chi connectivity index (χ3n) is 4.74. The molecule has 2 aromatic heterocycles. The maximum atomic E-state index is 5.49. The second-order valence-electron chi connectivity index (χ2n) is 6.65. The standard InChI is InChI=1S/C22H22N4O5/c1-27-16-7-15(8-17(10-16)28-2)20-13-26(25-23-20)12-18-11-19(24-31-18)14-5-6-21(29-3)22(9-14)30-4/h5-11,13H,12H2,1-4H3. The van der Waals surface area contributed by atoms with Crippen LogP contribution < -0.4 is 18.9 Å². The van der Waals surface area contributed by atoms with Gasteiger partial charge in [-0.15, -0.1) is 5.10 Å². The number of aromatic nitrogens is 4. The lowest BCUT2D eigenvalue weighted by Gasteiger charge is -2.07. The maximum Gasteiger partial charge on any atom is 0.161 e. The summed E-state index contributed by atoms with van der Waals surface area (Å²) in [5.41, 5.74) is 3.08. The van der Waals surface area contributed by atoms with E-state index in [1.54, 1.807) is 39.2 Å². The summed E-state index contributed by atoms with van der Waals surface area (Å²) in [5.74, 6) is 3.28. The molecule has 4 aromatic rings. The Morgan fingerprint density at radius 1 is 0.774 bits per heavy atom. The molecule has 4 rings (SSSR count). The summed E-state index contributed by atoms with van der Waals surface area (Å²) in [4.78, 5) is 0. The predicted octanol–water partition coefficient (Wildman–Crippen LogP) is 3.68. The van der Waals surface area contributed by atoms with Gasteiger partial charge in [-0.2, -0.15) is 0 Å². The topological polar surface area (TPSA) is 93.7 Å². The fourth-order valence-electron chi connectivity index (χ4n) is 3.14. The van der Waals surface area contributed by atoms with E-state index >= 15 is 0 Å². The van der Waals surface area contributed by atoms with Crippen molar-refractivity contribution >= 4 is 0 Å². The fourth-order valence-corrected chi connectivity index (χ4v) is 3.14. The molecule has 0 bridgehead atoms. The van der Waals surface area contributed by atoms with E-state index in [9.17, 15) is 0 Å². The molecular formula is C22H22N4O5. The monoisotopic (exact) mass is 422 g/mol. The summed E-state index contributed by atoms with van der Waals surface area (Å²) in [6.07, 6.45) is 1.83. The van der Waals surface area contributed by atoms with Crippen molar-refractivity contribution in [1.82, 2.24) is 20.2 Å². The molecule has 0 aliphatic rings. The number of hydrogen-bond acceptors (Lipinski definition) is 8. The average Bonchev–Trinajstić information content (AvgIpc) is 3.48. The zero-order valence-electron chi connectivity index (χ0n) is 17.7. The first kappa shape index (κ1) is 20.3. The van der Waals surface area contributed by atoms with Gasteiger partial charge in [-0.1, -0.05) is 10.4 Å². The fraction of sp³-hybridized carbons (Fsp3) is 0.227. The van der Waals surface area contributed by atoms with E-state index in [1.807, 2.05) is 42.6 Å². The van der Waals surface area contributed by atoms with Crippen molar-refractivity contribution in [1.29, 1.82) is 0 Å². The lowest BCUT2D eigenvalue weighted by Crippen LogP contribution is -1.98. The molecule has 160 valence electrons. The van der Waals surface area contributed by atoms with Gasteiger partial charge in [0, 0.05) is 23.3 Å². The van der Waals surface area contributed by atoms with Gasteiger partial charge in [0.1, 0.15) is 29.4 Å². The van der Waals surface area contributed by atoms with E-state index in [-0.39, 0.29) is 0 Å². The van der Waals surface area contributed by atoms with E-state index in [4.69, 9.17) is 23.5 Å². The summed E-state index contributed by atoms with van der Waals surface area (Å²) < 4.78 is 28.4. The van der Waals surface area contributed by atoms with Crippen molar-refractivity contribution in [3.63, 3.8) is 0 Å². The Hall–Kier alpha value is -4.01. The predicted molar refractivity (Wildman–Crippen MR) is 113 cm³/mol. The van der Waals surface area contributed by atoms with E-state index in [1.165, 1.54) is 0 Å². The molecule has 0 atom stereocenters. The van der Waals surface area contributed by atoms with Gasteiger partial charge in [-0.05, 0) is 30.3 Å². The summed E-state index contributed by atoms with van der Waals surface area (Å²) >= 11 is 0. The van der Waals surface area contributed by atoms with Gasteiger partial charge in [0.05, 0.1) is 34.6 Å². The molecule has 0 spiro atoms. The van der Waals surface area contributed by atoms with Crippen LogP contribution >= 0.6 is 0 Å². The first-order valence-electron chi connectivity index (χ1n) is 9.45. The molecule has 31 heavy (non-hydrogen) atoms. The van der Waals surface area contributed by atoms with Crippen molar-refractivity contribution in [2.45, 2.75) is 6.54 Å². The highest BCUT2D eigenvalue weighted by Gasteiger charge is 2.13. The van der Waals surface area contributed by atoms with Gasteiger partial charge < -0.3 is 23.5 Å². The lowest BCUT2D eigenvalue weighted by molar-refractivity contribution is 0.355. The molecule has 0 aliphatic heterocycles. The number of hydrogen-bond donors (Lipinski definition) is 0. The normalized spacial score (nSPS) is 10.7. The Kier molecular flexibility index (Phi) is 5.74. The van der Waals surface area contributed by atoms with Gasteiger partial charge >= 0.3 is 0 Å². The third-order valence-corrected chi connectivity index (χ3v) is 4.74. The molecule has 0 saturated carbocycles. The summed E-state index contributed by atoms with van der Waals surface area (Å²) in [6, 6.07) is 13.0. The van der Waals surface area contributed by atoms with Crippen molar-refractivity contribution in [3.8, 4) is 45.5 Å². The maximum absolute atomic E-state index is 5.49. The summed E-state index contributed by atoms with van der Waals surface area (Å²) in [5, 5.41) is 12.6. The SMILES string of the molecule is COc1cc(OC)cc(-c2cn(Cc3cc(-c4ccc(OC)c(OC)c4)no3)nn2)c1. The molecule has 2 aromatic carbocycles. The van der Waals surface area contributed by atoms with Gasteiger partial charge in [0.15, 0.2) is 17.3 Å². The molecule has 0 radical (unpaired) electrons. The molecule has 2 heterocycles. The van der Waals surface area contributed by atoms with Crippen LogP contribution in [0.4, 0.5) is 0 Å². The molecule has 0 saturated heterocycles. The average molecular weight is 422 g/mol. The molecule has 0 aliphatic carbocycles. The van der Waals surface area contributed by atoms with Crippen LogP contribution in [0.1, 0.15) is 5.76 Å². The molecule has 0 amide bonds. The van der Waals surface area contributed by atoms with Gasteiger partial charge in [-0.3, -0.25) is 0 Å². The molecular weight excluding hydrogens is 400 g/mol. The van der Waals surface area contributed by atoms with Gasteiger partial charge in [-0.25, -0.2) is 4.68 Å². The van der Waals surface area contributed by atoms with E-state index < -0.39 is 0 Å². The number of benzene rings is 2. The highest BCUT2D eigenvalue weighted by molar-refractivity contribution is 5.64. The Balaban J connectivity index is 1.53. The van der Waals surface area contributed by atoms with Crippen LogP contribution in [0, 0.1) is 0 Å². The van der Waals surface area contributed by atoms with Crippen LogP contribution in [0.5, 0.6) is 23.0 Å². The van der Waals surface area contributed by atoms with E-state index in [2.05, 4.69) is 15.5 Å². The quantitative estimate of drug-likeness (QED) is 0.424. The van der Waals surface area contributed by atoms with Crippen LogP contribution in [-0.4, -0.2) is 48.6 Å². The van der Waals surface area contributed by atoms with Crippen LogP contribution in [-0.2, 0) is 6.54 Å². The van der Waals surface area contributed by atoms with E-state index in [0.29, 0.717) is 46.7 Å². The third kappa shape index (κ3) is 4.30. The smallest absolute Gasteiger partial charge is 0.161 e. The summed E-state index contributed by atoms with van der Waals surface area (Å²) in [7, 11) is 6.40. The Morgan fingerprint density at radius 3 is 2.19 bits per heavy atom. The molecule has 0 fully saturated rings. The number of rotatable bonds is 8. The number of nitrogens with zero attached hydrogens (tertiary/aromatic N) is 4. The van der Waals surface area contributed by atoms with Crippen molar-refractivity contribution < 1.29 is 23.5 Å². The molecule has 9 heteroatoms. The number of ether oxygens (including phenoxy) is 4. The highest BCUT2D eigenvalue weighted by atomic mass is 16.5. The lowest BCUT2D eigenvalue weighted by atomic mass is 10.1. The molecule has 9 nitrogen and oxygen atoms in total. The minimum atomic E-state index is 0.383. The van der Waals surface area contributed by atoms with Crippen LogP contribution in [0.15, 0.2) is 53.2 Å².